The third-order valence-corrected chi connectivity index (χ3v) is 2.39. The molecule has 1 atom stereocenters. The molecule has 1 unspecified atom stereocenters. The molecule has 0 saturated heterocycles. The number of benzene rings is 1. The minimum Gasteiger partial charge on any atom is -0.496 e. The first-order chi connectivity index (χ1) is 7.19. The van der Waals surface area contributed by atoms with Gasteiger partial charge in [-0.2, -0.15) is 0 Å². The van der Waals surface area contributed by atoms with E-state index in [1.54, 1.807) is 7.11 Å². The fourth-order valence-corrected chi connectivity index (χ4v) is 1.52. The van der Waals surface area contributed by atoms with Crippen LogP contribution in [0.2, 0.25) is 0 Å². The van der Waals surface area contributed by atoms with E-state index in [0.717, 1.165) is 17.7 Å². The molecular weight excluding hydrogens is 186 g/mol. The molecule has 0 heterocycles. The summed E-state index contributed by atoms with van der Waals surface area (Å²) < 4.78 is 5.30. The summed E-state index contributed by atoms with van der Waals surface area (Å²) >= 11 is 0. The van der Waals surface area contributed by atoms with Gasteiger partial charge in [0.05, 0.1) is 7.11 Å². The second kappa shape index (κ2) is 5.43. The third-order valence-electron chi connectivity index (χ3n) is 2.39. The molecule has 0 fully saturated rings. The minimum absolute atomic E-state index is 0.0448. The van der Waals surface area contributed by atoms with Gasteiger partial charge in [0.25, 0.3) is 0 Å². The Morgan fingerprint density at radius 2 is 2.27 bits per heavy atom. The van der Waals surface area contributed by atoms with E-state index in [4.69, 9.17) is 16.9 Å². The topological polar surface area (TPSA) is 35.2 Å². The fraction of sp³-hybridized carbons (Fsp3) is 0.385. The Bertz CT molecular complexity index is 365. The molecule has 0 bridgehead atoms. The average Bonchev–Trinajstić information content (AvgIpc) is 2.25. The summed E-state index contributed by atoms with van der Waals surface area (Å²) in [6.45, 7) is 2.03. The summed E-state index contributed by atoms with van der Waals surface area (Å²) in [7, 11) is 1.66. The van der Waals surface area contributed by atoms with E-state index < -0.39 is 0 Å². The number of aryl methyl sites for hydroxylation is 1. The Balaban J connectivity index is 2.88. The van der Waals surface area contributed by atoms with E-state index in [-0.39, 0.29) is 6.04 Å². The predicted molar refractivity (Wildman–Crippen MR) is 62.7 cm³/mol. The Morgan fingerprint density at radius 3 is 2.87 bits per heavy atom. The van der Waals surface area contributed by atoms with E-state index in [9.17, 15) is 0 Å². The maximum absolute atomic E-state index is 6.03. The van der Waals surface area contributed by atoms with Crippen molar-refractivity contribution in [3.63, 3.8) is 0 Å². The van der Waals surface area contributed by atoms with Gasteiger partial charge in [0, 0.05) is 18.0 Å². The molecule has 0 aliphatic heterocycles. The maximum Gasteiger partial charge on any atom is 0.123 e. The van der Waals surface area contributed by atoms with Gasteiger partial charge in [-0.15, -0.1) is 12.3 Å². The molecule has 1 aromatic rings. The fourth-order valence-electron chi connectivity index (χ4n) is 1.52. The van der Waals surface area contributed by atoms with E-state index in [0.29, 0.717) is 6.42 Å². The van der Waals surface area contributed by atoms with Crippen molar-refractivity contribution in [3.8, 4) is 18.1 Å². The van der Waals surface area contributed by atoms with Crippen molar-refractivity contribution in [2.24, 2.45) is 5.73 Å². The first kappa shape index (κ1) is 11.6. The standard InChI is InChI=1S/C13H17NO/c1-4-5-6-12(14)11-8-7-10(2)9-13(11)15-3/h1,7-9,12H,5-6,14H2,2-3H3. The van der Waals surface area contributed by atoms with Crippen LogP contribution in [0.1, 0.15) is 30.0 Å². The highest BCUT2D eigenvalue weighted by molar-refractivity contribution is 5.39. The molecule has 0 saturated carbocycles. The van der Waals surface area contributed by atoms with Crippen LogP contribution in [0.3, 0.4) is 0 Å². The summed E-state index contributed by atoms with van der Waals surface area (Å²) in [5.74, 6) is 3.44. The predicted octanol–water partition coefficient (Wildman–Crippen LogP) is 2.42. The summed E-state index contributed by atoms with van der Waals surface area (Å²) in [6.07, 6.45) is 6.69. The Hall–Kier alpha value is -1.46. The first-order valence-electron chi connectivity index (χ1n) is 5.02. The number of rotatable bonds is 4. The van der Waals surface area contributed by atoms with Crippen molar-refractivity contribution in [3.05, 3.63) is 29.3 Å². The second-order valence-electron chi connectivity index (χ2n) is 3.59. The quantitative estimate of drug-likeness (QED) is 0.763. The molecular formula is C13H17NO. The highest BCUT2D eigenvalue weighted by Crippen LogP contribution is 2.27. The van der Waals surface area contributed by atoms with E-state index in [2.05, 4.69) is 5.92 Å². The zero-order valence-electron chi connectivity index (χ0n) is 9.29. The molecule has 0 aromatic heterocycles. The summed E-state index contributed by atoms with van der Waals surface area (Å²) in [5.41, 5.74) is 8.22. The molecule has 0 radical (unpaired) electrons. The molecule has 80 valence electrons. The van der Waals surface area contributed by atoms with Crippen LogP contribution in [0.5, 0.6) is 5.75 Å². The second-order valence-corrected chi connectivity index (χ2v) is 3.59. The number of hydrogen-bond donors (Lipinski definition) is 1. The molecule has 0 aliphatic carbocycles. The Morgan fingerprint density at radius 1 is 1.53 bits per heavy atom. The van der Waals surface area contributed by atoms with Gasteiger partial charge < -0.3 is 10.5 Å². The van der Waals surface area contributed by atoms with Crippen LogP contribution < -0.4 is 10.5 Å². The van der Waals surface area contributed by atoms with Gasteiger partial charge in [0.2, 0.25) is 0 Å². The smallest absolute Gasteiger partial charge is 0.123 e. The third kappa shape index (κ3) is 3.00. The lowest BCUT2D eigenvalue weighted by Gasteiger charge is -2.15. The van der Waals surface area contributed by atoms with Crippen LogP contribution in [0.25, 0.3) is 0 Å². The van der Waals surface area contributed by atoms with Gasteiger partial charge in [-0.3, -0.25) is 0 Å². The zero-order valence-corrected chi connectivity index (χ0v) is 9.29. The molecule has 2 nitrogen and oxygen atoms in total. The molecule has 0 amide bonds. The van der Waals surface area contributed by atoms with Crippen LogP contribution in [0.4, 0.5) is 0 Å². The SMILES string of the molecule is C#CCCC(N)c1ccc(C)cc1OC. The zero-order chi connectivity index (χ0) is 11.3. The van der Waals surface area contributed by atoms with Crippen molar-refractivity contribution in [1.29, 1.82) is 0 Å². The molecule has 0 aliphatic rings. The normalized spacial score (nSPS) is 11.9. The van der Waals surface area contributed by atoms with Gasteiger partial charge in [-0.25, -0.2) is 0 Å². The van der Waals surface area contributed by atoms with Gasteiger partial charge in [-0.05, 0) is 25.0 Å². The molecule has 2 heteroatoms. The van der Waals surface area contributed by atoms with Crippen LogP contribution >= 0.6 is 0 Å². The first-order valence-corrected chi connectivity index (χ1v) is 5.02. The van der Waals surface area contributed by atoms with Crippen LogP contribution in [0.15, 0.2) is 18.2 Å². The van der Waals surface area contributed by atoms with Crippen molar-refractivity contribution in [1.82, 2.24) is 0 Å². The number of methoxy groups -OCH3 is 1. The minimum atomic E-state index is -0.0448. The van der Waals surface area contributed by atoms with Crippen molar-refractivity contribution in [2.75, 3.05) is 7.11 Å². The number of ether oxygens (including phenoxy) is 1. The highest BCUT2D eigenvalue weighted by Gasteiger charge is 2.10. The highest BCUT2D eigenvalue weighted by atomic mass is 16.5. The van der Waals surface area contributed by atoms with Gasteiger partial charge in [0.1, 0.15) is 5.75 Å². The monoisotopic (exact) mass is 203 g/mol. The van der Waals surface area contributed by atoms with E-state index in [1.807, 2.05) is 25.1 Å². The van der Waals surface area contributed by atoms with Gasteiger partial charge in [-0.1, -0.05) is 12.1 Å². The lowest BCUT2D eigenvalue weighted by Crippen LogP contribution is -2.11. The lowest BCUT2D eigenvalue weighted by atomic mass is 10.0. The molecule has 2 N–H and O–H groups in total. The van der Waals surface area contributed by atoms with Gasteiger partial charge in [0.15, 0.2) is 0 Å². The molecule has 15 heavy (non-hydrogen) atoms. The summed E-state index contributed by atoms with van der Waals surface area (Å²) in [5, 5.41) is 0. The Labute approximate surface area is 91.4 Å². The largest absolute Gasteiger partial charge is 0.496 e. The Kier molecular flexibility index (Phi) is 4.20. The summed E-state index contributed by atoms with van der Waals surface area (Å²) in [4.78, 5) is 0. The van der Waals surface area contributed by atoms with E-state index in [1.165, 1.54) is 5.56 Å². The maximum atomic E-state index is 6.03. The van der Waals surface area contributed by atoms with E-state index >= 15 is 0 Å². The van der Waals surface area contributed by atoms with Crippen molar-refractivity contribution >= 4 is 0 Å². The molecule has 1 aromatic carbocycles. The van der Waals surface area contributed by atoms with Crippen molar-refractivity contribution in [2.45, 2.75) is 25.8 Å². The molecule has 0 spiro atoms. The van der Waals surface area contributed by atoms with Crippen LogP contribution in [-0.2, 0) is 0 Å². The molecule has 1 rings (SSSR count). The van der Waals surface area contributed by atoms with Crippen molar-refractivity contribution < 1.29 is 4.74 Å². The average molecular weight is 203 g/mol. The van der Waals surface area contributed by atoms with Crippen LogP contribution in [-0.4, -0.2) is 7.11 Å². The lowest BCUT2D eigenvalue weighted by molar-refractivity contribution is 0.404. The van der Waals surface area contributed by atoms with Gasteiger partial charge >= 0.3 is 0 Å². The summed E-state index contributed by atoms with van der Waals surface area (Å²) in [6, 6.07) is 5.99. The van der Waals surface area contributed by atoms with Crippen LogP contribution in [0, 0.1) is 19.3 Å². The number of hydrogen-bond acceptors (Lipinski definition) is 2. The number of terminal acetylenes is 1. The number of nitrogens with two attached hydrogens (primary N) is 1.